The fourth-order valence-corrected chi connectivity index (χ4v) is 1.44. The Morgan fingerprint density at radius 3 is 3.23 bits per heavy atom. The lowest BCUT2D eigenvalue weighted by atomic mass is 10.1. The lowest BCUT2D eigenvalue weighted by Crippen LogP contribution is -2.18. The molecule has 0 fully saturated rings. The summed E-state index contributed by atoms with van der Waals surface area (Å²) in [4.78, 5) is 13.7. The molecule has 0 saturated carbocycles. The fraction of sp³-hybridized carbons (Fsp3) is 0.333. The van der Waals surface area contributed by atoms with E-state index in [0.717, 1.165) is 18.4 Å². The van der Waals surface area contributed by atoms with Gasteiger partial charge in [0, 0.05) is 11.8 Å². The predicted octanol–water partition coefficient (Wildman–Crippen LogP) is 0.572. The second kappa shape index (κ2) is 2.94. The molecule has 4 heteroatoms. The average molecular weight is 176 g/mol. The van der Waals surface area contributed by atoms with Crippen molar-refractivity contribution in [3.63, 3.8) is 0 Å². The molecule has 66 valence electrons. The Hall–Kier alpha value is -1.76. The molecule has 0 amide bonds. The minimum atomic E-state index is -0.372. The number of hydrogen-bond acceptors (Lipinski definition) is 3. The van der Waals surface area contributed by atoms with Crippen LogP contribution in [0, 0.1) is 11.3 Å². The summed E-state index contributed by atoms with van der Waals surface area (Å²) in [5.41, 5.74) is 0.641. The Morgan fingerprint density at radius 1 is 1.62 bits per heavy atom. The molecule has 4 nitrogen and oxygen atoms in total. The highest BCUT2D eigenvalue weighted by atomic mass is 16.5. The minimum absolute atomic E-state index is 0.0946. The molecule has 1 aliphatic rings. The fourth-order valence-electron chi connectivity index (χ4n) is 1.44. The van der Waals surface area contributed by atoms with Crippen LogP contribution in [0.3, 0.4) is 0 Å². The zero-order chi connectivity index (χ0) is 9.26. The molecular formula is C9H8N2O2. The number of pyridine rings is 1. The lowest BCUT2D eigenvalue weighted by Gasteiger charge is -2.16. The van der Waals surface area contributed by atoms with Crippen molar-refractivity contribution in [3.05, 3.63) is 27.7 Å². The molecule has 2 heterocycles. The molecule has 0 atom stereocenters. The molecule has 0 saturated heterocycles. The number of aromatic amines is 1. The molecule has 1 aliphatic heterocycles. The van der Waals surface area contributed by atoms with E-state index in [-0.39, 0.29) is 11.1 Å². The minimum Gasteiger partial charge on any atom is -0.492 e. The second-order valence-corrected chi connectivity index (χ2v) is 2.91. The maximum absolute atomic E-state index is 11.2. The van der Waals surface area contributed by atoms with E-state index >= 15 is 0 Å². The van der Waals surface area contributed by atoms with Gasteiger partial charge in [0.15, 0.2) is 5.56 Å². The summed E-state index contributed by atoms with van der Waals surface area (Å²) in [6, 6.07) is 1.85. The van der Waals surface area contributed by atoms with E-state index in [1.165, 1.54) is 0 Å². The van der Waals surface area contributed by atoms with Crippen LogP contribution in [0.1, 0.15) is 17.5 Å². The summed E-state index contributed by atoms with van der Waals surface area (Å²) in [6.45, 7) is 0.588. The van der Waals surface area contributed by atoms with Gasteiger partial charge in [0.25, 0.3) is 5.56 Å². The topological polar surface area (TPSA) is 65.9 Å². The van der Waals surface area contributed by atoms with Crippen LogP contribution in [-0.2, 0) is 6.42 Å². The van der Waals surface area contributed by atoms with Crippen LogP contribution in [0.25, 0.3) is 0 Å². The summed E-state index contributed by atoms with van der Waals surface area (Å²) in [5, 5.41) is 8.72. The lowest BCUT2D eigenvalue weighted by molar-refractivity contribution is 0.286. The first kappa shape index (κ1) is 7.87. The molecule has 0 radical (unpaired) electrons. The highest BCUT2D eigenvalue weighted by molar-refractivity contribution is 5.46. The van der Waals surface area contributed by atoms with Gasteiger partial charge in [-0.05, 0) is 12.8 Å². The van der Waals surface area contributed by atoms with Crippen LogP contribution in [0.4, 0.5) is 0 Å². The summed E-state index contributed by atoms with van der Waals surface area (Å²) in [7, 11) is 0. The third kappa shape index (κ3) is 1.18. The maximum atomic E-state index is 11.2. The van der Waals surface area contributed by atoms with Crippen LogP contribution in [0.15, 0.2) is 11.0 Å². The molecular weight excluding hydrogens is 168 g/mol. The first-order valence-corrected chi connectivity index (χ1v) is 4.10. The van der Waals surface area contributed by atoms with E-state index in [2.05, 4.69) is 4.98 Å². The van der Waals surface area contributed by atoms with Crippen molar-refractivity contribution in [2.45, 2.75) is 12.8 Å². The van der Waals surface area contributed by atoms with Crippen molar-refractivity contribution in [1.82, 2.24) is 4.98 Å². The standard InChI is InChI=1S/C9H8N2O2/c10-4-7-8-6(2-1-3-13-8)5-11-9(7)12/h5H,1-3H2,(H,11,12). The van der Waals surface area contributed by atoms with Crippen molar-refractivity contribution >= 4 is 0 Å². The quantitative estimate of drug-likeness (QED) is 0.628. The average Bonchev–Trinajstić information content (AvgIpc) is 2.18. The van der Waals surface area contributed by atoms with E-state index in [4.69, 9.17) is 10.00 Å². The molecule has 0 aromatic carbocycles. The summed E-state index contributed by atoms with van der Waals surface area (Å²) in [6.07, 6.45) is 3.42. The first-order chi connectivity index (χ1) is 6.33. The van der Waals surface area contributed by atoms with Gasteiger partial charge >= 0.3 is 0 Å². The van der Waals surface area contributed by atoms with Crippen molar-refractivity contribution in [2.24, 2.45) is 0 Å². The molecule has 1 N–H and O–H groups in total. The number of fused-ring (bicyclic) bond motifs is 1. The molecule has 1 aromatic rings. The smallest absolute Gasteiger partial charge is 0.269 e. The molecule has 1 aromatic heterocycles. The molecule has 13 heavy (non-hydrogen) atoms. The van der Waals surface area contributed by atoms with Crippen molar-refractivity contribution in [3.8, 4) is 11.8 Å². The van der Waals surface area contributed by atoms with Gasteiger partial charge < -0.3 is 9.72 Å². The van der Waals surface area contributed by atoms with Crippen LogP contribution >= 0.6 is 0 Å². The van der Waals surface area contributed by atoms with Gasteiger partial charge in [-0.1, -0.05) is 0 Å². The summed E-state index contributed by atoms with van der Waals surface area (Å²) >= 11 is 0. The zero-order valence-electron chi connectivity index (χ0n) is 6.96. The van der Waals surface area contributed by atoms with Gasteiger partial charge in [0.05, 0.1) is 6.61 Å². The summed E-state index contributed by atoms with van der Waals surface area (Å²) < 4.78 is 5.28. The number of rotatable bonds is 0. The Morgan fingerprint density at radius 2 is 2.46 bits per heavy atom. The third-order valence-electron chi connectivity index (χ3n) is 2.07. The number of aromatic nitrogens is 1. The SMILES string of the molecule is N#Cc1c2c(c[nH]c1=O)CCCO2. The van der Waals surface area contributed by atoms with E-state index in [1.807, 2.05) is 6.07 Å². The Kier molecular flexibility index (Phi) is 1.78. The van der Waals surface area contributed by atoms with E-state index < -0.39 is 0 Å². The molecule has 0 bridgehead atoms. The van der Waals surface area contributed by atoms with Crippen molar-refractivity contribution in [2.75, 3.05) is 6.61 Å². The number of H-pyrrole nitrogens is 1. The monoisotopic (exact) mass is 176 g/mol. The van der Waals surface area contributed by atoms with Crippen LogP contribution in [0.5, 0.6) is 5.75 Å². The largest absolute Gasteiger partial charge is 0.492 e. The Balaban J connectivity index is 2.67. The molecule has 0 spiro atoms. The van der Waals surface area contributed by atoms with E-state index in [9.17, 15) is 4.79 Å². The second-order valence-electron chi connectivity index (χ2n) is 2.91. The van der Waals surface area contributed by atoms with Gasteiger partial charge in [0.2, 0.25) is 0 Å². The number of nitrogens with zero attached hydrogens (tertiary/aromatic N) is 1. The number of nitrogens with one attached hydrogen (secondary N) is 1. The highest BCUT2D eigenvalue weighted by Crippen LogP contribution is 2.24. The van der Waals surface area contributed by atoms with E-state index in [1.54, 1.807) is 6.20 Å². The number of aryl methyl sites for hydroxylation is 1. The summed E-state index contributed by atoms with van der Waals surface area (Å²) in [5.74, 6) is 0.470. The predicted molar refractivity (Wildman–Crippen MR) is 45.6 cm³/mol. The van der Waals surface area contributed by atoms with Crippen molar-refractivity contribution < 1.29 is 4.74 Å². The van der Waals surface area contributed by atoms with Gasteiger partial charge in [-0.25, -0.2) is 0 Å². The van der Waals surface area contributed by atoms with Crippen molar-refractivity contribution in [1.29, 1.82) is 5.26 Å². The van der Waals surface area contributed by atoms with Crippen LogP contribution in [-0.4, -0.2) is 11.6 Å². The molecule has 0 aliphatic carbocycles. The number of ether oxygens (including phenoxy) is 1. The maximum Gasteiger partial charge on any atom is 0.269 e. The third-order valence-corrected chi connectivity index (χ3v) is 2.07. The number of hydrogen-bond donors (Lipinski definition) is 1. The zero-order valence-corrected chi connectivity index (χ0v) is 6.96. The van der Waals surface area contributed by atoms with Gasteiger partial charge in [0.1, 0.15) is 11.8 Å². The van der Waals surface area contributed by atoms with Crippen LogP contribution in [0.2, 0.25) is 0 Å². The van der Waals surface area contributed by atoms with Gasteiger partial charge in [-0.15, -0.1) is 0 Å². The highest BCUT2D eigenvalue weighted by Gasteiger charge is 2.16. The number of nitriles is 1. The van der Waals surface area contributed by atoms with Crippen LogP contribution < -0.4 is 10.3 Å². The normalized spacial score (nSPS) is 14.1. The first-order valence-electron chi connectivity index (χ1n) is 4.10. The van der Waals surface area contributed by atoms with Gasteiger partial charge in [-0.2, -0.15) is 5.26 Å². The molecule has 0 unspecified atom stereocenters. The Bertz CT molecular complexity index is 428. The van der Waals surface area contributed by atoms with E-state index in [0.29, 0.717) is 12.4 Å². The van der Waals surface area contributed by atoms with Gasteiger partial charge in [-0.3, -0.25) is 4.79 Å². The Labute approximate surface area is 74.8 Å². The molecule has 2 rings (SSSR count).